The molecule has 1 atom stereocenters. The molecular formula is C12H15BrN2O2. The minimum atomic E-state index is -0.605. The van der Waals surface area contributed by atoms with Crippen LogP contribution >= 0.6 is 15.9 Å². The molecule has 5 heteroatoms. The van der Waals surface area contributed by atoms with Crippen LogP contribution in [-0.4, -0.2) is 23.6 Å². The summed E-state index contributed by atoms with van der Waals surface area (Å²) in [5.41, 5.74) is 6.66. The number of halogens is 1. The van der Waals surface area contributed by atoms with E-state index in [4.69, 9.17) is 10.8 Å². The van der Waals surface area contributed by atoms with Gasteiger partial charge in [0.15, 0.2) is 0 Å². The molecule has 1 amide bonds. The van der Waals surface area contributed by atoms with Gasteiger partial charge in [-0.25, -0.2) is 0 Å². The molecule has 4 N–H and O–H groups in total. The number of nitrogens with one attached hydrogen (secondary N) is 1. The zero-order valence-electron chi connectivity index (χ0n) is 9.32. The Kier molecular flexibility index (Phi) is 5.18. The van der Waals surface area contributed by atoms with Crippen LogP contribution in [0.15, 0.2) is 35.3 Å². The summed E-state index contributed by atoms with van der Waals surface area (Å²) in [5, 5.41) is 11.8. The van der Waals surface area contributed by atoms with Crippen LogP contribution < -0.4 is 11.1 Å². The smallest absolute Gasteiger partial charge is 0.237 e. The van der Waals surface area contributed by atoms with Crippen LogP contribution in [0, 0.1) is 0 Å². The fourth-order valence-corrected chi connectivity index (χ4v) is 1.43. The number of aromatic hydroxyl groups is 1. The summed E-state index contributed by atoms with van der Waals surface area (Å²) in [6.45, 7) is 3.98. The average molecular weight is 299 g/mol. The van der Waals surface area contributed by atoms with Crippen LogP contribution in [0.5, 0.6) is 5.75 Å². The first-order valence-electron chi connectivity index (χ1n) is 5.13. The van der Waals surface area contributed by atoms with E-state index in [1.165, 1.54) is 0 Å². The molecule has 4 nitrogen and oxygen atoms in total. The lowest BCUT2D eigenvalue weighted by atomic mass is 10.1. The summed E-state index contributed by atoms with van der Waals surface area (Å²) in [4.78, 5) is 11.6. The molecule has 0 aliphatic carbocycles. The molecule has 92 valence electrons. The average Bonchev–Trinajstić information content (AvgIpc) is 2.28. The maximum Gasteiger partial charge on any atom is 0.237 e. The molecule has 0 fully saturated rings. The molecule has 0 heterocycles. The fraction of sp³-hybridized carbons (Fsp3) is 0.250. The number of hydrogen-bond acceptors (Lipinski definition) is 3. The summed E-state index contributed by atoms with van der Waals surface area (Å²) in [6.07, 6.45) is 0.431. The van der Waals surface area contributed by atoms with Gasteiger partial charge in [-0.15, -0.1) is 0 Å². The topological polar surface area (TPSA) is 75.4 Å². The Morgan fingerprint density at radius 3 is 2.59 bits per heavy atom. The zero-order chi connectivity index (χ0) is 12.8. The van der Waals surface area contributed by atoms with Crippen molar-refractivity contribution >= 4 is 21.8 Å². The van der Waals surface area contributed by atoms with Crippen molar-refractivity contribution in [3.63, 3.8) is 0 Å². The Hall–Kier alpha value is -1.33. The first-order valence-corrected chi connectivity index (χ1v) is 5.93. The van der Waals surface area contributed by atoms with Crippen LogP contribution in [0.25, 0.3) is 0 Å². The van der Waals surface area contributed by atoms with Crippen molar-refractivity contribution in [2.24, 2.45) is 5.73 Å². The number of rotatable bonds is 5. The number of nitrogens with two attached hydrogens (primary N) is 1. The lowest BCUT2D eigenvalue weighted by Crippen LogP contribution is -2.42. The third-order valence-corrected chi connectivity index (χ3v) is 2.46. The van der Waals surface area contributed by atoms with Gasteiger partial charge in [0.05, 0.1) is 6.04 Å². The second-order valence-electron chi connectivity index (χ2n) is 3.71. The predicted molar refractivity (Wildman–Crippen MR) is 70.9 cm³/mol. The minimum absolute atomic E-state index is 0.197. The quantitative estimate of drug-likeness (QED) is 0.767. The van der Waals surface area contributed by atoms with Crippen LogP contribution in [-0.2, 0) is 11.2 Å². The molecule has 1 rings (SSSR count). The number of phenols is 1. The van der Waals surface area contributed by atoms with Gasteiger partial charge >= 0.3 is 0 Å². The van der Waals surface area contributed by atoms with Crippen LogP contribution in [0.2, 0.25) is 0 Å². The van der Waals surface area contributed by atoms with Crippen molar-refractivity contribution in [1.29, 1.82) is 0 Å². The van der Waals surface area contributed by atoms with E-state index in [0.29, 0.717) is 17.4 Å². The normalized spacial score (nSPS) is 11.9. The molecule has 0 bridgehead atoms. The van der Waals surface area contributed by atoms with Crippen molar-refractivity contribution in [2.45, 2.75) is 12.5 Å². The van der Waals surface area contributed by atoms with Crippen molar-refractivity contribution in [2.75, 3.05) is 6.54 Å². The van der Waals surface area contributed by atoms with E-state index in [1.807, 2.05) is 0 Å². The highest BCUT2D eigenvalue weighted by Gasteiger charge is 2.13. The van der Waals surface area contributed by atoms with Gasteiger partial charge in [-0.3, -0.25) is 4.79 Å². The summed E-state index contributed by atoms with van der Waals surface area (Å²) in [7, 11) is 0. The Morgan fingerprint density at radius 2 is 2.06 bits per heavy atom. The van der Waals surface area contributed by atoms with E-state index < -0.39 is 6.04 Å². The van der Waals surface area contributed by atoms with Crippen molar-refractivity contribution in [3.8, 4) is 5.75 Å². The maximum atomic E-state index is 11.6. The van der Waals surface area contributed by atoms with Crippen LogP contribution in [0.3, 0.4) is 0 Å². The van der Waals surface area contributed by atoms with Gasteiger partial charge in [0.2, 0.25) is 5.91 Å². The zero-order valence-corrected chi connectivity index (χ0v) is 10.9. The number of amides is 1. The standard InChI is InChI=1S/C12H15BrN2O2/c1-8(13)7-15-12(17)11(14)6-9-2-4-10(16)5-3-9/h2-5,11,16H,1,6-7,14H2,(H,15,17)/t11-/m0/s1. The van der Waals surface area contributed by atoms with Crippen molar-refractivity contribution in [3.05, 3.63) is 40.9 Å². The third-order valence-electron chi connectivity index (χ3n) is 2.18. The van der Waals surface area contributed by atoms with Crippen LogP contribution in [0.1, 0.15) is 5.56 Å². The highest BCUT2D eigenvalue weighted by atomic mass is 79.9. The van der Waals surface area contributed by atoms with E-state index in [-0.39, 0.29) is 11.7 Å². The van der Waals surface area contributed by atoms with Gasteiger partial charge < -0.3 is 16.2 Å². The highest BCUT2D eigenvalue weighted by molar-refractivity contribution is 9.11. The largest absolute Gasteiger partial charge is 0.508 e. The Morgan fingerprint density at radius 1 is 1.47 bits per heavy atom. The molecule has 17 heavy (non-hydrogen) atoms. The van der Waals surface area contributed by atoms with E-state index >= 15 is 0 Å². The molecule has 0 unspecified atom stereocenters. The Labute approximate surface area is 109 Å². The lowest BCUT2D eigenvalue weighted by Gasteiger charge is -2.12. The summed E-state index contributed by atoms with van der Waals surface area (Å²) >= 11 is 3.15. The summed E-state index contributed by atoms with van der Waals surface area (Å²) < 4.78 is 0.697. The van der Waals surface area contributed by atoms with E-state index in [0.717, 1.165) is 5.56 Å². The molecular weight excluding hydrogens is 284 g/mol. The molecule has 1 aromatic rings. The predicted octanol–water partition coefficient (Wildman–Crippen LogP) is 1.29. The second kappa shape index (κ2) is 6.42. The first kappa shape index (κ1) is 13.7. The number of benzene rings is 1. The van der Waals surface area contributed by atoms with E-state index in [2.05, 4.69) is 27.8 Å². The molecule has 0 aliphatic heterocycles. The van der Waals surface area contributed by atoms with E-state index in [1.54, 1.807) is 24.3 Å². The molecule has 1 aromatic carbocycles. The van der Waals surface area contributed by atoms with Gasteiger partial charge in [0.1, 0.15) is 5.75 Å². The van der Waals surface area contributed by atoms with Gasteiger partial charge in [-0.05, 0) is 24.1 Å². The molecule has 0 aliphatic rings. The Bertz CT molecular complexity index is 403. The minimum Gasteiger partial charge on any atom is -0.508 e. The Balaban J connectivity index is 2.48. The number of carbonyl (C=O) groups excluding carboxylic acids is 1. The van der Waals surface area contributed by atoms with Gasteiger partial charge in [0, 0.05) is 11.0 Å². The maximum absolute atomic E-state index is 11.6. The van der Waals surface area contributed by atoms with Crippen molar-refractivity contribution < 1.29 is 9.90 Å². The summed E-state index contributed by atoms with van der Waals surface area (Å²) in [6, 6.07) is 6.02. The number of phenolic OH excluding ortho intramolecular Hbond substituents is 1. The molecule has 0 saturated carbocycles. The molecule has 0 spiro atoms. The van der Waals surface area contributed by atoms with Gasteiger partial charge in [0.25, 0.3) is 0 Å². The number of hydrogen-bond donors (Lipinski definition) is 3. The highest BCUT2D eigenvalue weighted by Crippen LogP contribution is 2.10. The SMILES string of the molecule is C=C(Br)CNC(=O)[C@@H](N)Cc1ccc(O)cc1. The van der Waals surface area contributed by atoms with Gasteiger partial charge in [-0.2, -0.15) is 0 Å². The van der Waals surface area contributed by atoms with Crippen LogP contribution in [0.4, 0.5) is 0 Å². The first-order chi connectivity index (χ1) is 7.99. The summed E-state index contributed by atoms with van der Waals surface area (Å²) in [5.74, 6) is -0.0268. The lowest BCUT2D eigenvalue weighted by molar-refractivity contribution is -0.122. The molecule has 0 aromatic heterocycles. The van der Waals surface area contributed by atoms with Gasteiger partial charge in [-0.1, -0.05) is 34.6 Å². The molecule has 0 saturated heterocycles. The van der Waals surface area contributed by atoms with Crippen molar-refractivity contribution in [1.82, 2.24) is 5.32 Å². The molecule has 0 radical (unpaired) electrons. The third kappa shape index (κ3) is 5.01. The second-order valence-corrected chi connectivity index (χ2v) is 4.83. The number of carbonyl (C=O) groups is 1. The fourth-order valence-electron chi connectivity index (χ4n) is 1.29. The van der Waals surface area contributed by atoms with E-state index in [9.17, 15) is 4.79 Å². The monoisotopic (exact) mass is 298 g/mol.